The Bertz CT molecular complexity index is 491. The lowest BCUT2D eigenvalue weighted by atomic mass is 10.3. The van der Waals surface area contributed by atoms with Crippen LogP contribution in [0.5, 0.6) is 0 Å². The van der Waals surface area contributed by atoms with E-state index in [1.807, 2.05) is 6.20 Å². The van der Waals surface area contributed by atoms with E-state index in [1.54, 1.807) is 17.4 Å². The maximum atomic E-state index is 11.2. The molecule has 1 aliphatic rings. The Kier molecular flexibility index (Phi) is 3.41. The Hall–Kier alpha value is -0.720. The molecule has 4 nitrogen and oxygen atoms in total. The molecule has 6 heteroatoms. The van der Waals surface area contributed by atoms with Gasteiger partial charge in [0.25, 0.3) is 0 Å². The van der Waals surface area contributed by atoms with Crippen LogP contribution in [0.1, 0.15) is 16.8 Å². The van der Waals surface area contributed by atoms with Crippen molar-refractivity contribution in [2.24, 2.45) is 0 Å². The molecule has 1 atom stereocenters. The van der Waals surface area contributed by atoms with Crippen molar-refractivity contribution in [2.75, 3.05) is 5.75 Å². The molecule has 88 valence electrons. The highest BCUT2D eigenvalue weighted by molar-refractivity contribution is 7.94. The average Bonchev–Trinajstić information content (AvgIpc) is 2.81. The van der Waals surface area contributed by atoms with Crippen LogP contribution in [0, 0.1) is 0 Å². The van der Waals surface area contributed by atoms with Gasteiger partial charge in [-0.25, -0.2) is 13.4 Å². The second-order valence-corrected chi connectivity index (χ2v) is 6.85. The van der Waals surface area contributed by atoms with E-state index in [2.05, 4.69) is 17.2 Å². The van der Waals surface area contributed by atoms with Crippen LogP contribution in [0.3, 0.4) is 0 Å². The van der Waals surface area contributed by atoms with E-state index in [4.69, 9.17) is 0 Å². The quantitative estimate of drug-likeness (QED) is 0.879. The Morgan fingerprint density at radius 3 is 3.00 bits per heavy atom. The van der Waals surface area contributed by atoms with Gasteiger partial charge in [0, 0.05) is 29.1 Å². The predicted octanol–water partition coefficient (Wildman–Crippen LogP) is 1.11. The van der Waals surface area contributed by atoms with Crippen LogP contribution in [-0.4, -0.2) is 25.2 Å². The summed E-state index contributed by atoms with van der Waals surface area (Å²) in [7, 11) is -2.95. The summed E-state index contributed by atoms with van der Waals surface area (Å²) in [6.45, 7) is 2.75. The van der Waals surface area contributed by atoms with Crippen molar-refractivity contribution in [2.45, 2.75) is 25.9 Å². The first kappa shape index (κ1) is 11.8. The summed E-state index contributed by atoms with van der Waals surface area (Å²) in [6.07, 6.45) is 4.50. The van der Waals surface area contributed by atoms with E-state index < -0.39 is 9.84 Å². The van der Waals surface area contributed by atoms with Crippen molar-refractivity contribution in [1.29, 1.82) is 0 Å². The molecule has 0 aromatic carbocycles. The standard InChI is InChI=1S/C10H14N2O2S2/c1-2-10-12-6-9(15-10)5-11-8-3-4-16(13,14)7-8/h3-4,6,8,11H,2,5,7H2,1H3. The molecule has 2 heterocycles. The van der Waals surface area contributed by atoms with Crippen LogP contribution < -0.4 is 5.32 Å². The SMILES string of the molecule is CCc1ncc(CNC2C=CS(=O)(=O)C2)s1. The first-order chi connectivity index (χ1) is 7.59. The van der Waals surface area contributed by atoms with Crippen LogP contribution in [0.15, 0.2) is 17.7 Å². The zero-order valence-corrected chi connectivity index (χ0v) is 10.6. The number of nitrogens with zero attached hydrogens (tertiary/aromatic N) is 1. The second kappa shape index (κ2) is 4.65. The Morgan fingerprint density at radius 2 is 2.44 bits per heavy atom. The second-order valence-electron chi connectivity index (χ2n) is 3.72. The van der Waals surface area contributed by atoms with Crippen molar-refractivity contribution < 1.29 is 8.42 Å². The van der Waals surface area contributed by atoms with E-state index in [1.165, 1.54) is 5.41 Å². The first-order valence-electron chi connectivity index (χ1n) is 5.17. The third-order valence-electron chi connectivity index (χ3n) is 2.37. The molecule has 0 spiro atoms. The summed E-state index contributed by atoms with van der Waals surface area (Å²) < 4.78 is 22.3. The molecule has 1 unspecified atom stereocenters. The van der Waals surface area contributed by atoms with Gasteiger partial charge in [0.2, 0.25) is 0 Å². The van der Waals surface area contributed by atoms with E-state index in [0.29, 0.717) is 6.54 Å². The number of nitrogens with one attached hydrogen (secondary N) is 1. The summed E-state index contributed by atoms with van der Waals surface area (Å²) in [6, 6.07) is -0.0582. The summed E-state index contributed by atoms with van der Waals surface area (Å²) in [5.41, 5.74) is 0. The van der Waals surface area contributed by atoms with E-state index in [-0.39, 0.29) is 11.8 Å². The minimum Gasteiger partial charge on any atom is -0.305 e. The molecule has 1 N–H and O–H groups in total. The van der Waals surface area contributed by atoms with Crippen molar-refractivity contribution in [1.82, 2.24) is 10.3 Å². The molecule has 2 rings (SSSR count). The number of thiazole rings is 1. The van der Waals surface area contributed by atoms with Crippen molar-refractivity contribution in [3.8, 4) is 0 Å². The highest BCUT2D eigenvalue weighted by Crippen LogP contribution is 2.14. The van der Waals surface area contributed by atoms with Gasteiger partial charge in [-0.3, -0.25) is 0 Å². The molecule has 0 fully saturated rings. The molecule has 0 saturated carbocycles. The zero-order chi connectivity index (χ0) is 11.6. The van der Waals surface area contributed by atoms with Gasteiger partial charge in [-0.1, -0.05) is 13.0 Å². The van der Waals surface area contributed by atoms with Crippen molar-refractivity contribution in [3.63, 3.8) is 0 Å². The van der Waals surface area contributed by atoms with Crippen LogP contribution >= 0.6 is 11.3 Å². The lowest BCUT2D eigenvalue weighted by Crippen LogP contribution is -2.29. The Labute approximate surface area is 99.3 Å². The number of hydrogen-bond acceptors (Lipinski definition) is 5. The number of sulfone groups is 1. The van der Waals surface area contributed by atoms with Gasteiger partial charge in [0.1, 0.15) is 0 Å². The predicted molar refractivity (Wildman–Crippen MR) is 65.0 cm³/mol. The van der Waals surface area contributed by atoms with Crippen molar-refractivity contribution >= 4 is 21.2 Å². The number of aromatic nitrogens is 1. The minimum atomic E-state index is -2.95. The molecular formula is C10H14N2O2S2. The average molecular weight is 258 g/mol. The maximum Gasteiger partial charge on any atom is 0.173 e. The largest absolute Gasteiger partial charge is 0.305 e. The summed E-state index contributed by atoms with van der Waals surface area (Å²) in [5.74, 6) is 0.173. The van der Waals surface area contributed by atoms with Gasteiger partial charge >= 0.3 is 0 Å². The molecule has 0 bridgehead atoms. The normalized spacial score (nSPS) is 22.7. The fraction of sp³-hybridized carbons (Fsp3) is 0.500. The van der Waals surface area contributed by atoms with E-state index in [9.17, 15) is 8.42 Å². The van der Waals surface area contributed by atoms with Crippen LogP contribution in [0.25, 0.3) is 0 Å². The molecule has 1 aliphatic heterocycles. The summed E-state index contributed by atoms with van der Waals surface area (Å²) in [4.78, 5) is 5.40. The Balaban J connectivity index is 1.87. The lowest BCUT2D eigenvalue weighted by Gasteiger charge is -2.07. The third kappa shape index (κ3) is 2.90. The third-order valence-corrected chi connectivity index (χ3v) is 4.91. The monoisotopic (exact) mass is 258 g/mol. The van der Waals surface area contributed by atoms with Crippen LogP contribution in [0.2, 0.25) is 0 Å². The fourth-order valence-electron chi connectivity index (χ4n) is 1.53. The highest BCUT2D eigenvalue weighted by Gasteiger charge is 2.20. The van der Waals surface area contributed by atoms with Gasteiger partial charge in [-0.05, 0) is 6.42 Å². The number of aryl methyl sites for hydroxylation is 1. The molecule has 1 aromatic rings. The van der Waals surface area contributed by atoms with Gasteiger partial charge in [0.05, 0.1) is 10.8 Å². The van der Waals surface area contributed by atoms with Gasteiger partial charge in [-0.2, -0.15) is 0 Å². The van der Waals surface area contributed by atoms with Crippen molar-refractivity contribution in [3.05, 3.63) is 27.6 Å². The maximum absolute atomic E-state index is 11.2. The highest BCUT2D eigenvalue weighted by atomic mass is 32.2. The topological polar surface area (TPSA) is 59.1 Å². The molecule has 0 radical (unpaired) electrons. The molecule has 0 amide bonds. The zero-order valence-electron chi connectivity index (χ0n) is 9.01. The van der Waals surface area contributed by atoms with E-state index in [0.717, 1.165) is 16.3 Å². The van der Waals surface area contributed by atoms with Crippen LogP contribution in [0.4, 0.5) is 0 Å². The molecule has 1 aromatic heterocycles. The molecular weight excluding hydrogens is 244 g/mol. The molecule has 0 aliphatic carbocycles. The lowest BCUT2D eigenvalue weighted by molar-refractivity contribution is 0.591. The van der Waals surface area contributed by atoms with Gasteiger partial charge in [-0.15, -0.1) is 11.3 Å². The first-order valence-corrected chi connectivity index (χ1v) is 7.70. The van der Waals surface area contributed by atoms with Gasteiger partial charge in [0.15, 0.2) is 9.84 Å². The summed E-state index contributed by atoms with van der Waals surface area (Å²) in [5, 5.41) is 5.60. The van der Waals surface area contributed by atoms with Crippen LogP contribution in [-0.2, 0) is 22.8 Å². The fourth-order valence-corrected chi connectivity index (χ4v) is 3.61. The smallest absolute Gasteiger partial charge is 0.173 e. The molecule has 16 heavy (non-hydrogen) atoms. The van der Waals surface area contributed by atoms with Gasteiger partial charge < -0.3 is 5.32 Å². The van der Waals surface area contributed by atoms with E-state index >= 15 is 0 Å². The minimum absolute atomic E-state index is 0.0582. The number of rotatable bonds is 4. The molecule has 0 saturated heterocycles. The number of hydrogen-bond donors (Lipinski definition) is 1. The summed E-state index contributed by atoms with van der Waals surface area (Å²) >= 11 is 1.67. The Morgan fingerprint density at radius 1 is 1.62 bits per heavy atom.